The number of benzene rings is 1. The molecule has 4 nitrogen and oxygen atoms in total. The Balaban J connectivity index is 1.76. The number of anilines is 1. The predicted molar refractivity (Wildman–Crippen MR) is 77.4 cm³/mol. The van der Waals surface area contributed by atoms with Crippen LogP contribution in [0.25, 0.3) is 11.2 Å². The molecule has 2 N–H and O–H groups in total. The predicted octanol–water partition coefficient (Wildman–Crippen LogP) is 3.53. The van der Waals surface area contributed by atoms with Crippen molar-refractivity contribution in [1.29, 1.82) is 0 Å². The molecule has 0 radical (unpaired) electrons. The summed E-state index contributed by atoms with van der Waals surface area (Å²) in [5, 5.41) is 4.01. The van der Waals surface area contributed by atoms with Crippen LogP contribution in [0.4, 0.5) is 5.69 Å². The van der Waals surface area contributed by atoms with E-state index in [0.29, 0.717) is 6.54 Å². The van der Waals surface area contributed by atoms with Gasteiger partial charge >= 0.3 is 0 Å². The normalized spacial score (nSPS) is 10.8. The van der Waals surface area contributed by atoms with Crippen LogP contribution in [-0.2, 0) is 6.54 Å². The van der Waals surface area contributed by atoms with Gasteiger partial charge in [-0.15, -0.1) is 0 Å². The third-order valence-corrected chi connectivity index (χ3v) is 3.08. The number of halogens is 1. The first-order valence-corrected chi connectivity index (χ1v) is 6.39. The summed E-state index contributed by atoms with van der Waals surface area (Å²) < 4.78 is 0. The lowest BCUT2D eigenvalue weighted by molar-refractivity contribution is 1.01. The number of fused-ring (bicyclic) bond motifs is 1. The summed E-state index contributed by atoms with van der Waals surface area (Å²) in [6, 6.07) is 9.63. The SMILES string of the molecule is Cc1cnc2nc(CNc3ccc(Cl)cc3)[nH]c2c1. The maximum atomic E-state index is 5.84. The van der Waals surface area contributed by atoms with Gasteiger partial charge in [0.15, 0.2) is 5.65 Å². The molecule has 0 amide bonds. The van der Waals surface area contributed by atoms with Gasteiger partial charge in [-0.1, -0.05) is 11.6 Å². The Morgan fingerprint density at radius 2 is 2.05 bits per heavy atom. The number of pyridine rings is 1. The molecular formula is C14H13ClN4. The Hall–Kier alpha value is -2.07. The molecule has 3 aromatic rings. The molecule has 0 aliphatic carbocycles. The van der Waals surface area contributed by atoms with E-state index in [1.807, 2.05) is 43.5 Å². The zero-order valence-corrected chi connectivity index (χ0v) is 11.2. The molecule has 5 heteroatoms. The first-order valence-electron chi connectivity index (χ1n) is 6.01. The molecule has 0 saturated heterocycles. The van der Waals surface area contributed by atoms with Crippen LogP contribution in [0.2, 0.25) is 5.02 Å². The number of aromatic amines is 1. The molecule has 0 bridgehead atoms. The van der Waals surface area contributed by atoms with Crippen LogP contribution in [0.3, 0.4) is 0 Å². The summed E-state index contributed by atoms with van der Waals surface area (Å²) in [4.78, 5) is 12.0. The van der Waals surface area contributed by atoms with Crippen molar-refractivity contribution >= 4 is 28.5 Å². The lowest BCUT2D eigenvalue weighted by Crippen LogP contribution is -2.00. The lowest BCUT2D eigenvalue weighted by atomic mass is 10.3. The molecule has 0 aliphatic rings. The Kier molecular flexibility index (Phi) is 3.09. The first kappa shape index (κ1) is 12.0. The Bertz CT molecular complexity index is 703. The molecular weight excluding hydrogens is 260 g/mol. The van der Waals surface area contributed by atoms with E-state index < -0.39 is 0 Å². The molecule has 1 aromatic carbocycles. The third kappa shape index (κ3) is 2.69. The highest BCUT2D eigenvalue weighted by molar-refractivity contribution is 6.30. The molecule has 0 spiro atoms. The fourth-order valence-electron chi connectivity index (χ4n) is 1.89. The van der Waals surface area contributed by atoms with E-state index >= 15 is 0 Å². The van der Waals surface area contributed by atoms with Gasteiger partial charge in [0.2, 0.25) is 0 Å². The molecule has 2 aromatic heterocycles. The number of hydrogen-bond acceptors (Lipinski definition) is 3. The average molecular weight is 273 g/mol. The maximum absolute atomic E-state index is 5.84. The van der Waals surface area contributed by atoms with Crippen molar-refractivity contribution in [2.75, 3.05) is 5.32 Å². The van der Waals surface area contributed by atoms with Crippen LogP contribution < -0.4 is 5.32 Å². The highest BCUT2D eigenvalue weighted by Crippen LogP contribution is 2.15. The van der Waals surface area contributed by atoms with Gasteiger partial charge in [-0.25, -0.2) is 9.97 Å². The molecule has 0 aliphatic heterocycles. The van der Waals surface area contributed by atoms with E-state index in [9.17, 15) is 0 Å². The Morgan fingerprint density at radius 1 is 1.26 bits per heavy atom. The second-order valence-electron chi connectivity index (χ2n) is 4.43. The minimum Gasteiger partial charge on any atom is -0.378 e. The van der Waals surface area contributed by atoms with Crippen molar-refractivity contribution in [3.05, 3.63) is 52.9 Å². The van der Waals surface area contributed by atoms with Crippen LogP contribution in [0.15, 0.2) is 36.5 Å². The Morgan fingerprint density at radius 3 is 2.84 bits per heavy atom. The van der Waals surface area contributed by atoms with Gasteiger partial charge in [0.25, 0.3) is 0 Å². The van der Waals surface area contributed by atoms with Gasteiger partial charge in [-0.2, -0.15) is 0 Å². The van der Waals surface area contributed by atoms with E-state index in [-0.39, 0.29) is 0 Å². The Labute approximate surface area is 115 Å². The van der Waals surface area contributed by atoms with Crippen molar-refractivity contribution in [2.24, 2.45) is 0 Å². The zero-order chi connectivity index (χ0) is 13.2. The second kappa shape index (κ2) is 4.90. The highest BCUT2D eigenvalue weighted by atomic mass is 35.5. The monoisotopic (exact) mass is 272 g/mol. The molecule has 0 saturated carbocycles. The minimum absolute atomic E-state index is 0.622. The van der Waals surface area contributed by atoms with E-state index in [2.05, 4.69) is 20.3 Å². The van der Waals surface area contributed by atoms with Crippen LogP contribution in [0.1, 0.15) is 11.4 Å². The van der Waals surface area contributed by atoms with Crippen LogP contribution in [0.5, 0.6) is 0 Å². The largest absolute Gasteiger partial charge is 0.378 e. The quantitative estimate of drug-likeness (QED) is 0.767. The number of aryl methyl sites for hydroxylation is 1. The van der Waals surface area contributed by atoms with Crippen LogP contribution in [-0.4, -0.2) is 15.0 Å². The van der Waals surface area contributed by atoms with Crippen molar-refractivity contribution in [3.63, 3.8) is 0 Å². The summed E-state index contributed by atoms with van der Waals surface area (Å²) in [7, 11) is 0. The number of nitrogens with zero attached hydrogens (tertiary/aromatic N) is 2. The summed E-state index contributed by atoms with van der Waals surface area (Å²) in [6.45, 7) is 2.63. The van der Waals surface area contributed by atoms with Gasteiger partial charge in [0.1, 0.15) is 5.82 Å². The van der Waals surface area contributed by atoms with E-state index in [0.717, 1.165) is 33.3 Å². The summed E-state index contributed by atoms with van der Waals surface area (Å²) >= 11 is 5.84. The molecule has 3 rings (SSSR count). The van der Waals surface area contributed by atoms with Crippen LogP contribution in [0, 0.1) is 6.92 Å². The summed E-state index contributed by atoms with van der Waals surface area (Å²) in [6.07, 6.45) is 1.82. The molecule has 19 heavy (non-hydrogen) atoms. The number of rotatable bonds is 3. The van der Waals surface area contributed by atoms with E-state index in [1.165, 1.54) is 0 Å². The fraction of sp³-hybridized carbons (Fsp3) is 0.143. The van der Waals surface area contributed by atoms with Crippen molar-refractivity contribution in [1.82, 2.24) is 15.0 Å². The smallest absolute Gasteiger partial charge is 0.177 e. The number of nitrogens with one attached hydrogen (secondary N) is 2. The number of imidazole rings is 1. The fourth-order valence-corrected chi connectivity index (χ4v) is 2.02. The third-order valence-electron chi connectivity index (χ3n) is 2.83. The molecule has 0 fully saturated rings. The summed E-state index contributed by atoms with van der Waals surface area (Å²) in [5.74, 6) is 0.864. The molecule has 2 heterocycles. The van der Waals surface area contributed by atoms with E-state index in [1.54, 1.807) is 0 Å². The van der Waals surface area contributed by atoms with Gasteiger partial charge < -0.3 is 10.3 Å². The first-order chi connectivity index (χ1) is 9.20. The van der Waals surface area contributed by atoms with Gasteiger partial charge in [0.05, 0.1) is 12.1 Å². The lowest BCUT2D eigenvalue weighted by Gasteiger charge is -2.03. The zero-order valence-electron chi connectivity index (χ0n) is 10.4. The topological polar surface area (TPSA) is 53.6 Å². The second-order valence-corrected chi connectivity index (χ2v) is 4.86. The number of hydrogen-bond donors (Lipinski definition) is 2. The van der Waals surface area contributed by atoms with Crippen molar-refractivity contribution < 1.29 is 0 Å². The standard InChI is InChI=1S/C14H13ClN4/c1-9-6-12-14(17-7-9)19-13(18-12)8-16-11-4-2-10(15)3-5-11/h2-7,16H,8H2,1H3,(H,17,18,19). The molecule has 0 atom stereocenters. The average Bonchev–Trinajstić information content (AvgIpc) is 2.80. The van der Waals surface area contributed by atoms with E-state index in [4.69, 9.17) is 11.6 Å². The van der Waals surface area contributed by atoms with Gasteiger partial charge in [0, 0.05) is 16.9 Å². The van der Waals surface area contributed by atoms with Crippen molar-refractivity contribution in [2.45, 2.75) is 13.5 Å². The van der Waals surface area contributed by atoms with Gasteiger partial charge in [-0.05, 0) is 42.8 Å². The number of H-pyrrole nitrogens is 1. The highest BCUT2D eigenvalue weighted by Gasteiger charge is 2.03. The minimum atomic E-state index is 0.622. The van der Waals surface area contributed by atoms with Crippen molar-refractivity contribution in [3.8, 4) is 0 Å². The van der Waals surface area contributed by atoms with Gasteiger partial charge in [-0.3, -0.25) is 0 Å². The number of aromatic nitrogens is 3. The molecule has 0 unspecified atom stereocenters. The van der Waals surface area contributed by atoms with Crippen LogP contribution >= 0.6 is 11.6 Å². The maximum Gasteiger partial charge on any atom is 0.177 e. The molecule has 96 valence electrons. The summed E-state index contributed by atoms with van der Waals surface area (Å²) in [5.41, 5.74) is 3.84.